The van der Waals surface area contributed by atoms with Crippen LogP contribution in [0, 0.1) is 0 Å². The Bertz CT molecular complexity index is 312. The van der Waals surface area contributed by atoms with Crippen molar-refractivity contribution >= 4 is 11.5 Å². The van der Waals surface area contributed by atoms with Gasteiger partial charge in [-0.3, -0.25) is 0 Å². The highest BCUT2D eigenvalue weighted by molar-refractivity contribution is 5.48. The van der Waals surface area contributed by atoms with Gasteiger partial charge in [-0.2, -0.15) is 0 Å². The van der Waals surface area contributed by atoms with Gasteiger partial charge in [-0.25, -0.2) is 4.98 Å². The zero-order chi connectivity index (χ0) is 11.3. The number of ether oxygens (including phenoxy) is 1. The van der Waals surface area contributed by atoms with E-state index in [0.717, 1.165) is 5.82 Å². The lowest BCUT2D eigenvalue weighted by Gasteiger charge is -2.25. The SMILES string of the molecule is CCOC(C)(C)CNc1cc(N)ccn1. The van der Waals surface area contributed by atoms with Crippen LogP contribution in [0.25, 0.3) is 0 Å². The summed E-state index contributed by atoms with van der Waals surface area (Å²) in [5, 5.41) is 3.19. The Hall–Kier alpha value is -1.29. The molecule has 0 aliphatic rings. The van der Waals surface area contributed by atoms with Gasteiger partial charge in [-0.1, -0.05) is 0 Å². The van der Waals surface area contributed by atoms with Crippen LogP contribution in [0.3, 0.4) is 0 Å². The predicted molar refractivity (Wildman–Crippen MR) is 62.8 cm³/mol. The van der Waals surface area contributed by atoms with Gasteiger partial charge in [0.1, 0.15) is 5.82 Å². The van der Waals surface area contributed by atoms with Gasteiger partial charge in [0.2, 0.25) is 0 Å². The Balaban J connectivity index is 2.49. The molecule has 0 atom stereocenters. The largest absolute Gasteiger partial charge is 0.399 e. The lowest BCUT2D eigenvalue weighted by molar-refractivity contribution is 0.000643. The first-order valence-electron chi connectivity index (χ1n) is 5.13. The summed E-state index contributed by atoms with van der Waals surface area (Å²) in [6.45, 7) is 7.47. The molecule has 3 N–H and O–H groups in total. The minimum absolute atomic E-state index is 0.193. The molecule has 4 nitrogen and oxygen atoms in total. The summed E-state index contributed by atoms with van der Waals surface area (Å²) in [5.74, 6) is 0.780. The van der Waals surface area contributed by atoms with E-state index < -0.39 is 0 Å². The van der Waals surface area contributed by atoms with Gasteiger partial charge in [-0.05, 0) is 26.8 Å². The number of pyridine rings is 1. The van der Waals surface area contributed by atoms with Crippen LogP contribution in [0.2, 0.25) is 0 Å². The van der Waals surface area contributed by atoms with E-state index in [1.165, 1.54) is 0 Å². The van der Waals surface area contributed by atoms with Crippen LogP contribution in [0.5, 0.6) is 0 Å². The van der Waals surface area contributed by atoms with E-state index in [-0.39, 0.29) is 5.60 Å². The van der Waals surface area contributed by atoms with Crippen molar-refractivity contribution in [3.63, 3.8) is 0 Å². The highest BCUT2D eigenvalue weighted by atomic mass is 16.5. The highest BCUT2D eigenvalue weighted by Crippen LogP contribution is 2.12. The Labute approximate surface area is 90.8 Å². The number of hydrogen-bond donors (Lipinski definition) is 2. The smallest absolute Gasteiger partial charge is 0.128 e. The van der Waals surface area contributed by atoms with Gasteiger partial charge >= 0.3 is 0 Å². The maximum atomic E-state index is 5.65. The molecule has 0 radical (unpaired) electrons. The summed E-state index contributed by atoms with van der Waals surface area (Å²) in [6.07, 6.45) is 1.69. The maximum Gasteiger partial charge on any atom is 0.128 e. The molecule has 1 heterocycles. The Morgan fingerprint density at radius 3 is 2.87 bits per heavy atom. The monoisotopic (exact) mass is 209 g/mol. The first kappa shape index (κ1) is 11.8. The van der Waals surface area contributed by atoms with Gasteiger partial charge < -0.3 is 15.8 Å². The molecule has 0 saturated heterocycles. The third kappa shape index (κ3) is 4.16. The molecule has 1 aromatic rings. The number of anilines is 2. The number of hydrogen-bond acceptors (Lipinski definition) is 4. The molecule has 0 aliphatic heterocycles. The van der Waals surface area contributed by atoms with Crippen LogP contribution in [-0.2, 0) is 4.74 Å². The van der Waals surface area contributed by atoms with E-state index in [1.807, 2.05) is 26.8 Å². The second kappa shape index (κ2) is 4.98. The van der Waals surface area contributed by atoms with Crippen molar-refractivity contribution in [2.45, 2.75) is 26.4 Å². The minimum Gasteiger partial charge on any atom is -0.399 e. The fourth-order valence-electron chi connectivity index (χ4n) is 1.29. The number of nitrogens with one attached hydrogen (secondary N) is 1. The van der Waals surface area contributed by atoms with Crippen LogP contribution in [0.4, 0.5) is 11.5 Å². The summed E-state index contributed by atoms with van der Waals surface area (Å²) in [5.41, 5.74) is 6.16. The quantitative estimate of drug-likeness (QED) is 0.777. The molecule has 1 rings (SSSR count). The molecule has 0 bridgehead atoms. The molecule has 15 heavy (non-hydrogen) atoms. The number of nitrogens with zero attached hydrogens (tertiary/aromatic N) is 1. The van der Waals surface area contributed by atoms with Crippen molar-refractivity contribution in [1.29, 1.82) is 0 Å². The van der Waals surface area contributed by atoms with Crippen LogP contribution >= 0.6 is 0 Å². The van der Waals surface area contributed by atoms with Crippen LogP contribution in [0.1, 0.15) is 20.8 Å². The molecule has 0 fully saturated rings. The summed E-state index contributed by atoms with van der Waals surface area (Å²) in [6, 6.07) is 3.57. The van der Waals surface area contributed by atoms with Gasteiger partial charge in [0.05, 0.1) is 5.60 Å². The van der Waals surface area contributed by atoms with Gasteiger partial charge in [0.25, 0.3) is 0 Å². The van der Waals surface area contributed by atoms with Crippen molar-refractivity contribution in [3.8, 4) is 0 Å². The summed E-state index contributed by atoms with van der Waals surface area (Å²) in [7, 11) is 0. The number of aromatic nitrogens is 1. The van der Waals surface area contributed by atoms with Crippen LogP contribution in [-0.4, -0.2) is 23.7 Å². The summed E-state index contributed by atoms with van der Waals surface area (Å²) < 4.78 is 5.56. The molecule has 0 amide bonds. The zero-order valence-corrected chi connectivity index (χ0v) is 9.58. The normalized spacial score (nSPS) is 11.4. The van der Waals surface area contributed by atoms with Crippen molar-refractivity contribution in [3.05, 3.63) is 18.3 Å². The van der Waals surface area contributed by atoms with E-state index in [1.54, 1.807) is 12.3 Å². The summed E-state index contributed by atoms with van der Waals surface area (Å²) in [4.78, 5) is 4.16. The third-order valence-corrected chi connectivity index (χ3v) is 2.01. The average Bonchev–Trinajstić information content (AvgIpc) is 2.15. The highest BCUT2D eigenvalue weighted by Gasteiger charge is 2.17. The van der Waals surface area contributed by atoms with Gasteiger partial charge in [0, 0.05) is 31.1 Å². The molecule has 0 unspecified atom stereocenters. The molecule has 1 aromatic heterocycles. The van der Waals surface area contributed by atoms with E-state index >= 15 is 0 Å². The van der Waals surface area contributed by atoms with Gasteiger partial charge in [-0.15, -0.1) is 0 Å². The topological polar surface area (TPSA) is 60.2 Å². The van der Waals surface area contributed by atoms with Crippen molar-refractivity contribution in [2.24, 2.45) is 0 Å². The molecule has 0 aromatic carbocycles. The third-order valence-electron chi connectivity index (χ3n) is 2.01. The number of nitrogen functional groups attached to an aromatic ring is 1. The van der Waals surface area contributed by atoms with Crippen LogP contribution in [0.15, 0.2) is 18.3 Å². The molecular formula is C11H19N3O. The second-order valence-corrected chi connectivity index (χ2v) is 4.02. The molecule has 4 heteroatoms. The molecule has 84 valence electrons. The average molecular weight is 209 g/mol. The Morgan fingerprint density at radius 2 is 2.27 bits per heavy atom. The molecule has 0 aliphatic carbocycles. The summed E-state index contributed by atoms with van der Waals surface area (Å²) >= 11 is 0. The van der Waals surface area contributed by atoms with Crippen molar-refractivity contribution < 1.29 is 4.74 Å². The molecule has 0 spiro atoms. The first-order chi connectivity index (χ1) is 7.03. The fourth-order valence-corrected chi connectivity index (χ4v) is 1.29. The minimum atomic E-state index is -0.193. The Kier molecular flexibility index (Phi) is 3.91. The lowest BCUT2D eigenvalue weighted by Crippen LogP contribution is -2.33. The predicted octanol–water partition coefficient (Wildman–Crippen LogP) is 1.89. The lowest BCUT2D eigenvalue weighted by atomic mass is 10.1. The number of rotatable bonds is 5. The van der Waals surface area contributed by atoms with E-state index in [4.69, 9.17) is 10.5 Å². The molecule has 0 saturated carbocycles. The van der Waals surface area contributed by atoms with Crippen molar-refractivity contribution in [2.75, 3.05) is 24.2 Å². The van der Waals surface area contributed by atoms with E-state index in [2.05, 4.69) is 10.3 Å². The van der Waals surface area contributed by atoms with Crippen molar-refractivity contribution in [1.82, 2.24) is 4.98 Å². The first-order valence-corrected chi connectivity index (χ1v) is 5.13. The number of nitrogens with two attached hydrogens (primary N) is 1. The second-order valence-electron chi connectivity index (χ2n) is 4.02. The van der Waals surface area contributed by atoms with Crippen LogP contribution < -0.4 is 11.1 Å². The van der Waals surface area contributed by atoms with E-state index in [0.29, 0.717) is 18.8 Å². The molecular weight excluding hydrogens is 190 g/mol. The fraction of sp³-hybridized carbons (Fsp3) is 0.545. The van der Waals surface area contributed by atoms with E-state index in [9.17, 15) is 0 Å². The standard InChI is InChI=1S/C11H19N3O/c1-4-15-11(2,3)8-14-10-7-9(12)5-6-13-10/h5-7H,4,8H2,1-3H3,(H3,12,13,14). The van der Waals surface area contributed by atoms with Gasteiger partial charge in [0.15, 0.2) is 0 Å². The maximum absolute atomic E-state index is 5.65. The zero-order valence-electron chi connectivity index (χ0n) is 9.58. The Morgan fingerprint density at radius 1 is 1.53 bits per heavy atom.